The summed E-state index contributed by atoms with van der Waals surface area (Å²) in [6.45, 7) is 10.4. The zero-order valence-corrected chi connectivity index (χ0v) is 38.2. The van der Waals surface area contributed by atoms with Crippen molar-refractivity contribution < 1.29 is 57.3 Å². The molecule has 0 heterocycles. The Morgan fingerprint density at radius 2 is 1.00 bits per heavy atom. The summed E-state index contributed by atoms with van der Waals surface area (Å²) < 4.78 is 44.1. The van der Waals surface area contributed by atoms with Gasteiger partial charge in [0.25, 0.3) is 14.4 Å². The second-order valence-electron chi connectivity index (χ2n) is 15.1. The Hall–Kier alpha value is -5.24. The lowest BCUT2D eigenvalue weighted by molar-refractivity contribution is -0.198. The van der Waals surface area contributed by atoms with E-state index in [0.717, 1.165) is 0 Å². The fraction of sp³-hybridized carbons (Fsp3) is 0.426. The first-order chi connectivity index (χ1) is 29.6. The van der Waals surface area contributed by atoms with Crippen molar-refractivity contribution in [2.45, 2.75) is 77.7 Å². The van der Waals surface area contributed by atoms with E-state index in [9.17, 15) is 24.6 Å². The van der Waals surface area contributed by atoms with Gasteiger partial charge in [-0.2, -0.15) is 0 Å². The second-order valence-corrected chi connectivity index (χ2v) is 16.5. The number of hydrogen-bond acceptors (Lipinski definition) is 11. The third kappa shape index (κ3) is 10.5. The first-order valence-corrected chi connectivity index (χ1v) is 21.6. The summed E-state index contributed by atoms with van der Waals surface area (Å²) in [5.74, 6) is -1.32. The Kier molecular flexibility index (Phi) is 17.7. The number of amides is 1. The van der Waals surface area contributed by atoms with Crippen molar-refractivity contribution in [1.82, 2.24) is 9.99 Å². The Morgan fingerprint density at radius 3 is 1.32 bits per heavy atom. The van der Waals surface area contributed by atoms with Crippen molar-refractivity contribution in [3.63, 3.8) is 0 Å². The quantitative estimate of drug-likeness (QED) is 0.0251. The van der Waals surface area contributed by atoms with E-state index in [1.54, 1.807) is 139 Å². The molecule has 4 aromatic carbocycles. The van der Waals surface area contributed by atoms with Gasteiger partial charge in [-0.05, 0) is 118 Å². The van der Waals surface area contributed by atoms with Gasteiger partial charge in [-0.15, -0.1) is 0 Å². The molecule has 0 aliphatic rings. The lowest BCUT2D eigenvalue weighted by atomic mass is 9.68. The number of carboxylic acid groups (broad SMARTS) is 2. The number of ether oxygens (including phenoxy) is 5. The molecule has 62 heavy (non-hydrogen) atoms. The molecule has 0 aromatic heterocycles. The number of aliphatic carboxylic acids is 2. The zero-order chi connectivity index (χ0) is 45.7. The molecule has 336 valence electrons. The summed E-state index contributed by atoms with van der Waals surface area (Å²) in [4.78, 5) is 41.1. The molecule has 0 radical (unpaired) electrons. The van der Waals surface area contributed by atoms with Gasteiger partial charge in [-0.25, -0.2) is 4.67 Å². The van der Waals surface area contributed by atoms with Gasteiger partial charge in [-0.1, -0.05) is 50.2 Å². The SMILES string of the molecule is CCC(CC)(OP(OCCNC(=O)c1ccc(OC)cc1)N(C(C)C)C(C)C)C(COC(c1ccc(OC)cc1)(c1ccc(OC)cc1)c1ccc(OC)cc1)(C(=O)O)C(=O)O. The van der Waals surface area contributed by atoms with Gasteiger partial charge in [0.15, 0.2) is 0 Å². The molecule has 0 aliphatic heterocycles. The molecule has 0 spiro atoms. The van der Waals surface area contributed by atoms with Crippen LogP contribution in [0.1, 0.15) is 81.4 Å². The Morgan fingerprint density at radius 1 is 0.629 bits per heavy atom. The van der Waals surface area contributed by atoms with Crippen molar-refractivity contribution in [3.05, 3.63) is 119 Å². The van der Waals surface area contributed by atoms with Gasteiger partial charge in [0.2, 0.25) is 5.41 Å². The van der Waals surface area contributed by atoms with E-state index in [2.05, 4.69) is 5.32 Å². The number of nitrogens with one attached hydrogen (secondary N) is 1. The highest BCUT2D eigenvalue weighted by atomic mass is 31.2. The van der Waals surface area contributed by atoms with Crippen LogP contribution < -0.4 is 24.3 Å². The van der Waals surface area contributed by atoms with Crippen LogP contribution >= 0.6 is 8.53 Å². The van der Waals surface area contributed by atoms with Crippen LogP contribution in [-0.4, -0.2) is 98.6 Å². The van der Waals surface area contributed by atoms with Gasteiger partial charge in [0, 0.05) is 24.2 Å². The summed E-state index contributed by atoms with van der Waals surface area (Å²) in [7, 11) is 4.03. The number of hydrogen-bond donors (Lipinski definition) is 3. The number of carbonyl (C=O) groups is 3. The van der Waals surface area contributed by atoms with Crippen molar-refractivity contribution >= 4 is 26.4 Å². The van der Waals surface area contributed by atoms with E-state index in [1.807, 2.05) is 32.4 Å². The van der Waals surface area contributed by atoms with Crippen molar-refractivity contribution in [2.75, 3.05) is 48.2 Å². The zero-order valence-electron chi connectivity index (χ0n) is 37.3. The molecule has 15 heteroatoms. The molecular formula is C47H61N2O12P. The number of carboxylic acids is 2. The monoisotopic (exact) mass is 876 g/mol. The Balaban J connectivity index is 1.86. The predicted octanol–water partition coefficient (Wildman–Crippen LogP) is 8.55. The molecule has 0 saturated carbocycles. The Bertz CT molecular complexity index is 1900. The summed E-state index contributed by atoms with van der Waals surface area (Å²) in [6.07, 6.45) is -0.0982. The highest BCUT2D eigenvalue weighted by Gasteiger charge is 2.65. The largest absolute Gasteiger partial charge is 0.497 e. The second kappa shape index (κ2) is 22.2. The van der Waals surface area contributed by atoms with E-state index in [0.29, 0.717) is 45.3 Å². The van der Waals surface area contributed by atoms with Gasteiger partial charge in [-0.3, -0.25) is 14.4 Å². The number of methoxy groups -OCH3 is 4. The summed E-state index contributed by atoms with van der Waals surface area (Å²) >= 11 is 0. The van der Waals surface area contributed by atoms with Gasteiger partial charge >= 0.3 is 11.9 Å². The molecule has 14 nitrogen and oxygen atoms in total. The molecule has 4 rings (SSSR count). The van der Waals surface area contributed by atoms with Crippen LogP contribution in [0.15, 0.2) is 97.1 Å². The minimum Gasteiger partial charge on any atom is -0.497 e. The molecule has 0 bridgehead atoms. The van der Waals surface area contributed by atoms with Crippen molar-refractivity contribution in [3.8, 4) is 23.0 Å². The standard InChI is InChI=1S/C47H61N2O12P/c1-11-45(12-2,61-62(49(32(3)4)33(5)6)60-30-29-48-42(50)34-13-21-38(55-7)22-14-34)46(43(51)52,44(53)54)31-59-47(35-15-23-39(56-8)24-16-35,36-17-25-40(57-9)26-18-36)37-19-27-41(58-10)28-20-37/h13-28,32-33H,11-12,29-31H2,1-10H3,(H,48,50)(H,51,52)(H,53,54). The minimum atomic E-state index is -2.71. The summed E-state index contributed by atoms with van der Waals surface area (Å²) in [5.41, 5.74) is -4.11. The molecule has 0 aliphatic carbocycles. The predicted molar refractivity (Wildman–Crippen MR) is 237 cm³/mol. The first kappa shape index (κ1) is 49.4. The van der Waals surface area contributed by atoms with E-state index >= 15 is 0 Å². The maximum absolute atomic E-state index is 14.0. The van der Waals surface area contributed by atoms with Gasteiger partial charge in [0.1, 0.15) is 34.2 Å². The van der Waals surface area contributed by atoms with Crippen LogP contribution in [0.25, 0.3) is 0 Å². The number of benzene rings is 4. The van der Waals surface area contributed by atoms with Crippen LogP contribution in [0.4, 0.5) is 0 Å². The van der Waals surface area contributed by atoms with Crippen LogP contribution in [0, 0.1) is 5.41 Å². The first-order valence-electron chi connectivity index (χ1n) is 20.5. The lowest BCUT2D eigenvalue weighted by Gasteiger charge is -2.48. The maximum atomic E-state index is 14.0. The highest BCUT2D eigenvalue weighted by molar-refractivity contribution is 7.44. The third-order valence-corrected chi connectivity index (χ3v) is 13.3. The van der Waals surface area contributed by atoms with E-state index in [4.69, 9.17) is 32.7 Å². The third-order valence-electron chi connectivity index (χ3n) is 11.1. The van der Waals surface area contributed by atoms with Crippen LogP contribution in [0.2, 0.25) is 0 Å². The summed E-state index contributed by atoms with van der Waals surface area (Å²) in [6, 6.07) is 27.6. The molecule has 0 saturated heterocycles. The highest BCUT2D eigenvalue weighted by Crippen LogP contribution is 2.56. The van der Waals surface area contributed by atoms with Crippen molar-refractivity contribution in [1.29, 1.82) is 0 Å². The molecule has 4 aromatic rings. The molecule has 1 atom stereocenters. The lowest BCUT2D eigenvalue weighted by Crippen LogP contribution is -2.62. The molecule has 3 N–H and O–H groups in total. The number of rotatable bonds is 25. The molecule has 1 amide bonds. The fourth-order valence-corrected chi connectivity index (χ4v) is 9.63. The van der Waals surface area contributed by atoms with Gasteiger partial charge < -0.3 is 48.3 Å². The topological polar surface area (TPSA) is 172 Å². The average molecular weight is 877 g/mol. The maximum Gasteiger partial charge on any atom is 0.326 e. The van der Waals surface area contributed by atoms with E-state index in [1.165, 1.54) is 0 Å². The molecular weight excluding hydrogens is 815 g/mol. The van der Waals surface area contributed by atoms with Crippen LogP contribution in [-0.2, 0) is 29.0 Å². The molecule has 0 fully saturated rings. The minimum absolute atomic E-state index is 0.0216. The smallest absolute Gasteiger partial charge is 0.326 e. The summed E-state index contributed by atoms with van der Waals surface area (Å²) in [5, 5.41) is 25.6. The van der Waals surface area contributed by atoms with Crippen LogP contribution in [0.5, 0.6) is 23.0 Å². The fourth-order valence-electron chi connectivity index (χ4n) is 7.64. The van der Waals surface area contributed by atoms with Gasteiger partial charge in [0.05, 0.1) is 41.7 Å². The Labute approximate surface area is 366 Å². The normalized spacial score (nSPS) is 12.6. The van der Waals surface area contributed by atoms with E-state index in [-0.39, 0.29) is 44.0 Å². The van der Waals surface area contributed by atoms with Crippen molar-refractivity contribution in [2.24, 2.45) is 5.41 Å². The van der Waals surface area contributed by atoms with E-state index < -0.39 is 43.7 Å². The number of nitrogens with zero attached hydrogens (tertiary/aromatic N) is 1. The average Bonchev–Trinajstić information content (AvgIpc) is 3.28. The number of carbonyl (C=O) groups excluding carboxylic acids is 1. The molecule has 1 unspecified atom stereocenters. The van der Waals surface area contributed by atoms with Crippen LogP contribution in [0.3, 0.4) is 0 Å².